The van der Waals surface area contributed by atoms with Crippen molar-refractivity contribution in [1.82, 2.24) is 5.32 Å². The largest absolute Gasteiger partial charge is 0.496 e. The normalized spacial score (nSPS) is 15.6. The van der Waals surface area contributed by atoms with Gasteiger partial charge in [-0.25, -0.2) is 0 Å². The van der Waals surface area contributed by atoms with Crippen LogP contribution in [0.15, 0.2) is 46.9 Å². The Hall–Kier alpha value is -2.34. The van der Waals surface area contributed by atoms with Crippen LogP contribution in [0.5, 0.6) is 5.75 Å². The summed E-state index contributed by atoms with van der Waals surface area (Å²) in [4.78, 5) is 26.4. The molecule has 0 aliphatic carbocycles. The Balaban J connectivity index is 1.76. The molecule has 1 atom stereocenters. The molecular formula is C19H19BrN2O3. The number of nitrogens with zero attached hydrogens (tertiary/aromatic N) is 1. The van der Waals surface area contributed by atoms with Crippen molar-refractivity contribution in [2.45, 2.75) is 25.9 Å². The lowest BCUT2D eigenvalue weighted by atomic mass is 10.1. The van der Waals surface area contributed by atoms with E-state index in [0.29, 0.717) is 18.7 Å². The molecule has 130 valence electrons. The molecule has 1 unspecified atom stereocenters. The molecule has 2 aromatic carbocycles. The van der Waals surface area contributed by atoms with E-state index in [4.69, 9.17) is 4.74 Å². The number of rotatable bonds is 4. The average Bonchev–Trinajstić information content (AvgIpc) is 2.99. The van der Waals surface area contributed by atoms with Gasteiger partial charge in [-0.3, -0.25) is 14.5 Å². The van der Waals surface area contributed by atoms with Crippen molar-refractivity contribution >= 4 is 33.4 Å². The van der Waals surface area contributed by atoms with Crippen molar-refractivity contribution in [2.75, 3.05) is 12.0 Å². The molecular weight excluding hydrogens is 384 g/mol. The predicted molar refractivity (Wildman–Crippen MR) is 99.6 cm³/mol. The van der Waals surface area contributed by atoms with Crippen LogP contribution in [0, 0.1) is 0 Å². The van der Waals surface area contributed by atoms with Crippen LogP contribution in [0.4, 0.5) is 5.69 Å². The summed E-state index contributed by atoms with van der Waals surface area (Å²) < 4.78 is 6.24. The maximum Gasteiger partial charge on any atom is 0.243 e. The van der Waals surface area contributed by atoms with Crippen LogP contribution in [-0.2, 0) is 22.6 Å². The van der Waals surface area contributed by atoms with Crippen molar-refractivity contribution in [3.63, 3.8) is 0 Å². The first-order chi connectivity index (χ1) is 12.0. The fraction of sp³-hybridized carbons (Fsp3) is 0.263. The second-order valence-corrected chi connectivity index (χ2v) is 6.83. The molecule has 0 fully saturated rings. The zero-order valence-corrected chi connectivity index (χ0v) is 15.7. The number of halogens is 1. The highest BCUT2D eigenvalue weighted by molar-refractivity contribution is 9.10. The topological polar surface area (TPSA) is 58.6 Å². The monoisotopic (exact) mass is 402 g/mol. The van der Waals surface area contributed by atoms with Gasteiger partial charge in [-0.15, -0.1) is 0 Å². The summed E-state index contributed by atoms with van der Waals surface area (Å²) in [6.45, 7) is 1.82. The molecule has 0 spiro atoms. The number of carbonyl (C=O) groups is 2. The number of fused-ring (bicyclic) bond motifs is 1. The number of anilines is 1. The first kappa shape index (κ1) is 17.5. The van der Waals surface area contributed by atoms with Gasteiger partial charge in [-0.1, -0.05) is 34.1 Å². The Bertz CT molecular complexity index is 822. The second-order valence-electron chi connectivity index (χ2n) is 5.91. The summed E-state index contributed by atoms with van der Waals surface area (Å²) in [6.07, 6.45) is 0.525. The van der Waals surface area contributed by atoms with Gasteiger partial charge in [0.25, 0.3) is 0 Å². The van der Waals surface area contributed by atoms with Gasteiger partial charge in [0.15, 0.2) is 0 Å². The van der Waals surface area contributed by atoms with Gasteiger partial charge >= 0.3 is 0 Å². The van der Waals surface area contributed by atoms with Gasteiger partial charge in [-0.05, 0) is 29.8 Å². The number of amides is 2. The molecule has 0 saturated carbocycles. The van der Waals surface area contributed by atoms with E-state index in [1.807, 2.05) is 42.5 Å². The SMILES string of the molecule is COc1ccc(Br)cc1CNC(=O)C1Cc2ccccc2N1C(C)=O. The number of ether oxygens (including phenoxy) is 1. The lowest BCUT2D eigenvalue weighted by molar-refractivity contribution is -0.125. The van der Waals surface area contributed by atoms with Gasteiger partial charge < -0.3 is 10.1 Å². The molecule has 0 aromatic heterocycles. The summed E-state index contributed by atoms with van der Waals surface area (Å²) in [5, 5.41) is 2.93. The van der Waals surface area contributed by atoms with Gasteiger partial charge in [-0.2, -0.15) is 0 Å². The Morgan fingerprint density at radius 3 is 2.76 bits per heavy atom. The van der Waals surface area contributed by atoms with Crippen LogP contribution in [0.3, 0.4) is 0 Å². The molecule has 1 aliphatic rings. The highest BCUT2D eigenvalue weighted by Crippen LogP contribution is 2.32. The molecule has 25 heavy (non-hydrogen) atoms. The molecule has 3 rings (SSSR count). The molecule has 1 N–H and O–H groups in total. The minimum atomic E-state index is -0.520. The lowest BCUT2D eigenvalue weighted by Gasteiger charge is -2.23. The van der Waals surface area contributed by atoms with Crippen LogP contribution >= 0.6 is 15.9 Å². The molecule has 1 aliphatic heterocycles. The molecule has 5 nitrogen and oxygen atoms in total. The molecule has 2 amide bonds. The van der Waals surface area contributed by atoms with Crippen LogP contribution in [0.2, 0.25) is 0 Å². The molecule has 0 radical (unpaired) electrons. The fourth-order valence-electron chi connectivity index (χ4n) is 3.17. The zero-order chi connectivity index (χ0) is 18.0. The van der Waals surface area contributed by atoms with E-state index < -0.39 is 6.04 Å². The van der Waals surface area contributed by atoms with E-state index in [-0.39, 0.29) is 11.8 Å². The van der Waals surface area contributed by atoms with Gasteiger partial charge in [0.05, 0.1) is 7.11 Å². The lowest BCUT2D eigenvalue weighted by Crippen LogP contribution is -2.47. The number of benzene rings is 2. The van der Waals surface area contributed by atoms with Crippen molar-refractivity contribution in [2.24, 2.45) is 0 Å². The highest BCUT2D eigenvalue weighted by atomic mass is 79.9. The third-order valence-corrected chi connectivity index (χ3v) is 4.81. The van der Waals surface area contributed by atoms with Crippen molar-refractivity contribution < 1.29 is 14.3 Å². The highest BCUT2D eigenvalue weighted by Gasteiger charge is 2.36. The summed E-state index contributed by atoms with van der Waals surface area (Å²) in [5.74, 6) is 0.403. The molecule has 0 saturated heterocycles. The van der Waals surface area contributed by atoms with Gasteiger partial charge in [0, 0.05) is 35.6 Å². The summed E-state index contributed by atoms with van der Waals surface area (Å²) >= 11 is 3.43. The Labute approximate surface area is 155 Å². The smallest absolute Gasteiger partial charge is 0.243 e. The van der Waals surface area contributed by atoms with Crippen LogP contribution in [0.1, 0.15) is 18.1 Å². The van der Waals surface area contributed by atoms with Crippen molar-refractivity contribution in [1.29, 1.82) is 0 Å². The van der Waals surface area contributed by atoms with Crippen LogP contribution < -0.4 is 15.0 Å². The maximum atomic E-state index is 12.7. The fourth-order valence-corrected chi connectivity index (χ4v) is 3.58. The Morgan fingerprint density at radius 2 is 2.04 bits per heavy atom. The standard InChI is InChI=1S/C19H19BrN2O3/c1-12(23)22-16-6-4-3-5-13(16)10-17(22)19(24)21-11-14-9-15(20)7-8-18(14)25-2/h3-9,17H,10-11H2,1-2H3,(H,21,24). The number of carbonyl (C=O) groups excluding carboxylic acids is 2. The second kappa shape index (κ2) is 7.27. The number of nitrogens with one attached hydrogen (secondary N) is 1. The number of hydrogen-bond donors (Lipinski definition) is 1. The first-order valence-corrected chi connectivity index (χ1v) is 8.78. The van der Waals surface area contributed by atoms with E-state index in [1.165, 1.54) is 6.92 Å². The van der Waals surface area contributed by atoms with E-state index in [9.17, 15) is 9.59 Å². The zero-order valence-electron chi connectivity index (χ0n) is 14.1. The summed E-state index contributed by atoms with van der Waals surface area (Å²) in [7, 11) is 1.60. The van der Waals surface area contributed by atoms with Gasteiger partial charge in [0.2, 0.25) is 11.8 Å². The third kappa shape index (κ3) is 3.54. The molecule has 2 aromatic rings. The van der Waals surface area contributed by atoms with Crippen molar-refractivity contribution in [3.05, 3.63) is 58.1 Å². The van der Waals surface area contributed by atoms with E-state index in [1.54, 1.807) is 12.0 Å². The van der Waals surface area contributed by atoms with Crippen molar-refractivity contribution in [3.8, 4) is 5.75 Å². The summed E-state index contributed by atoms with van der Waals surface area (Å²) in [6, 6.07) is 12.7. The van der Waals surface area contributed by atoms with E-state index >= 15 is 0 Å². The van der Waals surface area contributed by atoms with Gasteiger partial charge in [0.1, 0.15) is 11.8 Å². The quantitative estimate of drug-likeness (QED) is 0.854. The Morgan fingerprint density at radius 1 is 1.28 bits per heavy atom. The van der Waals surface area contributed by atoms with E-state index in [2.05, 4.69) is 21.2 Å². The maximum absolute atomic E-state index is 12.7. The predicted octanol–water partition coefficient (Wildman–Crippen LogP) is 3.05. The molecule has 1 heterocycles. The number of para-hydroxylation sites is 1. The minimum absolute atomic E-state index is 0.134. The molecule has 6 heteroatoms. The number of hydrogen-bond acceptors (Lipinski definition) is 3. The Kier molecular flexibility index (Phi) is 5.08. The van der Waals surface area contributed by atoms with E-state index in [0.717, 1.165) is 21.3 Å². The summed E-state index contributed by atoms with van der Waals surface area (Å²) in [5.41, 5.74) is 2.70. The molecule has 0 bridgehead atoms. The first-order valence-electron chi connectivity index (χ1n) is 7.99. The number of methoxy groups -OCH3 is 1. The minimum Gasteiger partial charge on any atom is -0.496 e. The van der Waals surface area contributed by atoms with Crippen LogP contribution in [-0.4, -0.2) is 25.0 Å². The van der Waals surface area contributed by atoms with Crippen LogP contribution in [0.25, 0.3) is 0 Å². The third-order valence-electron chi connectivity index (χ3n) is 4.31. The average molecular weight is 403 g/mol.